The molecule has 0 spiro atoms. The van der Waals surface area contributed by atoms with Gasteiger partial charge < -0.3 is 16.6 Å². The second-order valence-electron chi connectivity index (χ2n) is 6.05. The summed E-state index contributed by atoms with van der Waals surface area (Å²) in [5.41, 5.74) is 11.0. The largest absolute Gasteiger partial charge is 0.507 e. The van der Waals surface area contributed by atoms with E-state index in [0.29, 0.717) is 5.69 Å². The Morgan fingerprint density at radius 3 is 1.55 bits per heavy atom. The molecule has 3 rings (SSSR count). The highest BCUT2D eigenvalue weighted by atomic mass is 32.2. The van der Waals surface area contributed by atoms with Crippen LogP contribution < -0.4 is 11.5 Å². The molecule has 0 aliphatic rings. The molecule has 0 saturated carbocycles. The number of nitrogens with two attached hydrogens (primary N) is 2. The van der Waals surface area contributed by atoms with Crippen molar-refractivity contribution in [2.45, 2.75) is 14.7 Å². The van der Waals surface area contributed by atoms with Crippen LogP contribution in [0, 0.1) is 0 Å². The van der Waals surface area contributed by atoms with Gasteiger partial charge >= 0.3 is 0 Å². The molecule has 0 aliphatic heterocycles. The molecule has 15 heteroatoms. The van der Waals surface area contributed by atoms with Crippen LogP contribution in [0.5, 0.6) is 5.75 Å². The fraction of sp³-hybridized carbons (Fsp3) is 0. The van der Waals surface area contributed by atoms with Gasteiger partial charge in [0.05, 0.1) is 14.7 Å². The molecule has 3 aromatic rings. The number of fused-ring (bicyclic) bond motifs is 1. The Morgan fingerprint density at radius 2 is 1.13 bits per heavy atom. The SMILES string of the molecule is Nc1cc(S(=O)(=O)O)cc2cc(S(=O)(=O)O)cc(O)c12.Nc1cccc(S(=O)(=O)O)c1. The third-order valence-corrected chi connectivity index (χ3v) is 6.27. The number of hydrogen-bond donors (Lipinski definition) is 6. The van der Waals surface area contributed by atoms with E-state index >= 15 is 0 Å². The Labute approximate surface area is 177 Å². The molecule has 0 radical (unpaired) electrons. The normalized spacial score (nSPS) is 12.2. The minimum absolute atomic E-state index is 0.00444. The van der Waals surface area contributed by atoms with Gasteiger partial charge in [0.25, 0.3) is 30.4 Å². The molecule has 31 heavy (non-hydrogen) atoms. The van der Waals surface area contributed by atoms with E-state index in [2.05, 4.69) is 0 Å². The first-order valence-corrected chi connectivity index (χ1v) is 12.2. The highest BCUT2D eigenvalue weighted by Gasteiger charge is 2.18. The average Bonchev–Trinajstić information content (AvgIpc) is 2.59. The van der Waals surface area contributed by atoms with Gasteiger partial charge in [0.15, 0.2) is 0 Å². The molecule has 0 atom stereocenters. The first-order valence-electron chi connectivity index (χ1n) is 7.84. The van der Waals surface area contributed by atoms with E-state index in [0.717, 1.165) is 24.3 Å². The smallest absolute Gasteiger partial charge is 0.294 e. The Hall–Kier alpha value is -2.95. The summed E-state index contributed by atoms with van der Waals surface area (Å²) in [7, 11) is -13.2. The van der Waals surface area contributed by atoms with E-state index in [9.17, 15) is 30.4 Å². The first-order chi connectivity index (χ1) is 14.0. The van der Waals surface area contributed by atoms with Gasteiger partial charge in [-0.1, -0.05) is 6.07 Å². The minimum atomic E-state index is -4.59. The predicted octanol–water partition coefficient (Wildman–Crippen LogP) is 1.14. The monoisotopic (exact) mass is 492 g/mol. The lowest BCUT2D eigenvalue weighted by Gasteiger charge is -2.08. The van der Waals surface area contributed by atoms with E-state index in [1.54, 1.807) is 0 Å². The van der Waals surface area contributed by atoms with Crippen molar-refractivity contribution in [3.8, 4) is 5.75 Å². The Bertz CT molecular complexity index is 1410. The molecule has 0 bridgehead atoms. The van der Waals surface area contributed by atoms with E-state index in [-0.39, 0.29) is 21.4 Å². The lowest BCUT2D eigenvalue weighted by molar-refractivity contribution is 0.471. The second-order valence-corrected chi connectivity index (χ2v) is 10.3. The fourth-order valence-corrected chi connectivity index (χ4v) is 4.07. The van der Waals surface area contributed by atoms with Crippen molar-refractivity contribution >= 4 is 52.5 Å². The Kier molecular flexibility index (Phi) is 6.51. The number of benzene rings is 3. The maximum Gasteiger partial charge on any atom is 0.294 e. The van der Waals surface area contributed by atoms with Gasteiger partial charge in [-0.3, -0.25) is 13.7 Å². The van der Waals surface area contributed by atoms with Gasteiger partial charge in [-0.25, -0.2) is 0 Å². The summed E-state index contributed by atoms with van der Waals surface area (Å²) in [6.07, 6.45) is 0. The van der Waals surface area contributed by atoms with Crippen LogP contribution >= 0.6 is 0 Å². The molecule has 0 aromatic heterocycles. The van der Waals surface area contributed by atoms with Crippen LogP contribution in [-0.4, -0.2) is 44.0 Å². The van der Waals surface area contributed by atoms with Crippen LogP contribution in [0.2, 0.25) is 0 Å². The quantitative estimate of drug-likeness (QED) is 0.223. The van der Waals surface area contributed by atoms with Crippen LogP contribution in [0.1, 0.15) is 0 Å². The minimum Gasteiger partial charge on any atom is -0.507 e. The number of aromatic hydroxyl groups is 1. The van der Waals surface area contributed by atoms with Crippen LogP contribution in [0.25, 0.3) is 10.8 Å². The highest BCUT2D eigenvalue weighted by Crippen LogP contribution is 2.34. The van der Waals surface area contributed by atoms with Crippen molar-refractivity contribution in [1.29, 1.82) is 0 Å². The lowest BCUT2D eigenvalue weighted by Crippen LogP contribution is -2.02. The number of anilines is 2. The number of hydrogen-bond acceptors (Lipinski definition) is 9. The number of rotatable bonds is 3. The Balaban J connectivity index is 0.000000262. The van der Waals surface area contributed by atoms with Crippen molar-refractivity contribution < 1.29 is 44.0 Å². The summed E-state index contributed by atoms with van der Waals surface area (Å²) in [5.74, 6) is -0.547. The Morgan fingerprint density at radius 1 is 0.645 bits per heavy atom. The molecule has 3 aromatic carbocycles. The van der Waals surface area contributed by atoms with E-state index in [1.165, 1.54) is 24.3 Å². The third kappa shape index (κ3) is 6.03. The van der Waals surface area contributed by atoms with E-state index < -0.39 is 45.9 Å². The molecule has 0 unspecified atom stereocenters. The van der Waals surface area contributed by atoms with Gasteiger partial charge in [0.2, 0.25) is 0 Å². The number of phenolic OH excluding ortho intramolecular Hbond substituents is 1. The summed E-state index contributed by atoms with van der Waals surface area (Å²) in [6.45, 7) is 0. The van der Waals surface area contributed by atoms with Gasteiger partial charge in [-0.2, -0.15) is 25.3 Å². The number of nitrogen functional groups attached to an aromatic ring is 2. The average molecular weight is 493 g/mol. The van der Waals surface area contributed by atoms with Crippen molar-refractivity contribution in [3.63, 3.8) is 0 Å². The van der Waals surface area contributed by atoms with Crippen LogP contribution in [0.15, 0.2) is 63.2 Å². The molecular weight excluding hydrogens is 476 g/mol. The highest BCUT2D eigenvalue weighted by molar-refractivity contribution is 7.86. The van der Waals surface area contributed by atoms with Crippen molar-refractivity contribution in [3.05, 3.63) is 48.5 Å². The number of phenols is 1. The first kappa shape index (κ1) is 24.3. The summed E-state index contributed by atoms with van der Waals surface area (Å²) in [5, 5.41) is 9.66. The molecule has 12 nitrogen and oxygen atoms in total. The van der Waals surface area contributed by atoms with Crippen molar-refractivity contribution in [1.82, 2.24) is 0 Å². The van der Waals surface area contributed by atoms with Gasteiger partial charge in [-0.15, -0.1) is 0 Å². The maximum absolute atomic E-state index is 11.1. The van der Waals surface area contributed by atoms with E-state index in [1.807, 2.05) is 0 Å². The summed E-state index contributed by atoms with van der Waals surface area (Å²) in [4.78, 5) is -1.37. The molecule has 0 saturated heterocycles. The zero-order valence-electron chi connectivity index (χ0n) is 15.2. The molecule has 0 amide bonds. The molecule has 8 N–H and O–H groups in total. The zero-order chi connectivity index (χ0) is 23.8. The fourth-order valence-electron chi connectivity index (χ4n) is 2.44. The third-order valence-electron chi connectivity index (χ3n) is 3.76. The van der Waals surface area contributed by atoms with Crippen LogP contribution in [0.3, 0.4) is 0 Å². The molecule has 0 heterocycles. The summed E-state index contributed by atoms with van der Waals surface area (Å²) in [6, 6.07) is 9.00. The summed E-state index contributed by atoms with van der Waals surface area (Å²) < 4.78 is 91.6. The topological polar surface area (TPSA) is 235 Å². The van der Waals surface area contributed by atoms with Crippen LogP contribution in [-0.2, 0) is 30.4 Å². The zero-order valence-corrected chi connectivity index (χ0v) is 17.7. The molecule has 168 valence electrons. The van der Waals surface area contributed by atoms with Crippen molar-refractivity contribution in [2.24, 2.45) is 0 Å². The maximum atomic E-state index is 11.1. The standard InChI is InChI=1S/C10H9NO7S2.C6H7NO3S/c11-8-3-6(19(13,14)15)1-5-2-7(20(16,17)18)4-9(12)10(5)8;7-5-2-1-3-6(4-5)11(8,9)10/h1-4,12H,11H2,(H,13,14,15)(H,16,17,18);1-4H,7H2,(H,8,9,10). The van der Waals surface area contributed by atoms with Gasteiger partial charge in [-0.05, 0) is 41.8 Å². The molecule has 0 fully saturated rings. The van der Waals surface area contributed by atoms with Gasteiger partial charge in [0, 0.05) is 22.8 Å². The molecular formula is C16H16N2O10S3. The molecule has 0 aliphatic carbocycles. The van der Waals surface area contributed by atoms with Crippen molar-refractivity contribution in [2.75, 3.05) is 11.5 Å². The predicted molar refractivity (Wildman–Crippen MR) is 110 cm³/mol. The second kappa shape index (κ2) is 8.29. The van der Waals surface area contributed by atoms with Crippen LogP contribution in [0.4, 0.5) is 11.4 Å². The summed E-state index contributed by atoms with van der Waals surface area (Å²) >= 11 is 0. The lowest BCUT2D eigenvalue weighted by atomic mass is 10.1. The van der Waals surface area contributed by atoms with E-state index in [4.69, 9.17) is 25.1 Å². The van der Waals surface area contributed by atoms with Gasteiger partial charge in [0.1, 0.15) is 5.75 Å².